The number of hydrogen-bond acceptors (Lipinski definition) is 3. The third kappa shape index (κ3) is 11.2. The molecule has 0 aromatic carbocycles. The zero-order chi connectivity index (χ0) is 11.5. The Morgan fingerprint density at radius 2 is 1.73 bits per heavy atom. The number of halogens is 1. The molecule has 0 rings (SSSR count). The van der Waals surface area contributed by atoms with Gasteiger partial charge >= 0.3 is 11.9 Å². The first-order valence-corrected chi connectivity index (χ1v) is 5.63. The van der Waals surface area contributed by atoms with E-state index in [4.69, 9.17) is 21.4 Å². The molecule has 0 heterocycles. The molecule has 88 valence electrons. The quantitative estimate of drug-likeness (QED) is 0.379. The van der Waals surface area contributed by atoms with Crippen molar-refractivity contribution in [3.63, 3.8) is 0 Å². The Kier molecular flexibility index (Phi) is 9.27. The molecular weight excluding hydrogens is 220 g/mol. The second kappa shape index (κ2) is 9.77. The molecule has 0 aliphatic rings. The average Bonchev–Trinajstić information content (AvgIpc) is 2.19. The lowest BCUT2D eigenvalue weighted by atomic mass is 10.2. The van der Waals surface area contributed by atoms with Gasteiger partial charge in [-0.1, -0.05) is 0 Å². The monoisotopic (exact) mass is 236 g/mol. The second-order valence-corrected chi connectivity index (χ2v) is 3.60. The number of carboxylic acids is 1. The van der Waals surface area contributed by atoms with E-state index in [9.17, 15) is 9.59 Å². The highest BCUT2D eigenvalue weighted by Crippen LogP contribution is 2.02. The molecule has 1 N–H and O–H groups in total. The van der Waals surface area contributed by atoms with Crippen molar-refractivity contribution in [3.05, 3.63) is 0 Å². The Labute approximate surface area is 94.6 Å². The van der Waals surface area contributed by atoms with Crippen molar-refractivity contribution in [1.82, 2.24) is 0 Å². The van der Waals surface area contributed by atoms with Gasteiger partial charge in [0.05, 0.1) is 6.61 Å². The first-order valence-electron chi connectivity index (χ1n) is 5.10. The Morgan fingerprint density at radius 3 is 2.33 bits per heavy atom. The van der Waals surface area contributed by atoms with Crippen LogP contribution < -0.4 is 0 Å². The molecule has 0 amide bonds. The summed E-state index contributed by atoms with van der Waals surface area (Å²) in [6, 6.07) is 0. The number of aliphatic carboxylic acids is 1. The molecule has 4 nitrogen and oxygen atoms in total. The first-order chi connectivity index (χ1) is 7.16. The fourth-order valence-corrected chi connectivity index (χ4v) is 1.19. The third-order valence-corrected chi connectivity index (χ3v) is 2.08. The maximum Gasteiger partial charge on any atom is 0.305 e. The van der Waals surface area contributed by atoms with E-state index in [1.807, 2.05) is 0 Å². The second-order valence-electron chi connectivity index (χ2n) is 3.22. The topological polar surface area (TPSA) is 63.6 Å². The molecule has 0 aliphatic heterocycles. The number of carbonyl (C=O) groups is 2. The van der Waals surface area contributed by atoms with Gasteiger partial charge in [-0.3, -0.25) is 9.59 Å². The van der Waals surface area contributed by atoms with E-state index in [-0.39, 0.29) is 12.4 Å². The Hall–Kier alpha value is -0.770. The van der Waals surface area contributed by atoms with Gasteiger partial charge in [-0.05, 0) is 25.7 Å². The predicted octanol–water partition coefficient (Wildman–Crippen LogP) is 2.19. The standard InChI is InChI=1S/C10H17ClO4/c11-7-3-4-8-15-10(14)6-2-1-5-9(12)13/h1-8H2,(H,12,13). The summed E-state index contributed by atoms with van der Waals surface area (Å²) in [5.41, 5.74) is 0. The number of rotatable bonds is 9. The summed E-state index contributed by atoms with van der Waals surface area (Å²) in [5.74, 6) is -0.503. The number of hydrogen-bond donors (Lipinski definition) is 1. The van der Waals surface area contributed by atoms with Gasteiger partial charge in [0.2, 0.25) is 0 Å². The third-order valence-electron chi connectivity index (χ3n) is 1.81. The van der Waals surface area contributed by atoms with Gasteiger partial charge in [-0.25, -0.2) is 0 Å². The lowest BCUT2D eigenvalue weighted by Gasteiger charge is -2.03. The van der Waals surface area contributed by atoms with E-state index >= 15 is 0 Å². The number of alkyl halides is 1. The van der Waals surface area contributed by atoms with Crippen LogP contribution in [0.5, 0.6) is 0 Å². The van der Waals surface area contributed by atoms with Crippen LogP contribution in [0.3, 0.4) is 0 Å². The van der Waals surface area contributed by atoms with Gasteiger partial charge in [-0.15, -0.1) is 11.6 Å². The summed E-state index contributed by atoms with van der Waals surface area (Å²) in [6.07, 6.45) is 3.12. The summed E-state index contributed by atoms with van der Waals surface area (Å²) in [6.45, 7) is 0.407. The van der Waals surface area contributed by atoms with Gasteiger partial charge in [0.25, 0.3) is 0 Å². The van der Waals surface area contributed by atoms with Crippen LogP contribution in [0.2, 0.25) is 0 Å². The first kappa shape index (κ1) is 14.2. The fourth-order valence-electron chi connectivity index (χ4n) is 1.00. The highest BCUT2D eigenvalue weighted by Gasteiger charge is 2.03. The summed E-state index contributed by atoms with van der Waals surface area (Å²) in [5, 5.41) is 8.35. The maximum absolute atomic E-state index is 11.0. The minimum absolute atomic E-state index is 0.111. The van der Waals surface area contributed by atoms with Crippen molar-refractivity contribution in [1.29, 1.82) is 0 Å². The van der Waals surface area contributed by atoms with Crippen LogP contribution in [0.1, 0.15) is 38.5 Å². The molecule has 0 fully saturated rings. The van der Waals surface area contributed by atoms with Crippen molar-refractivity contribution >= 4 is 23.5 Å². The highest BCUT2D eigenvalue weighted by atomic mass is 35.5. The highest BCUT2D eigenvalue weighted by molar-refractivity contribution is 6.17. The molecule has 0 saturated carbocycles. The molecule has 0 aromatic rings. The maximum atomic E-state index is 11.0. The van der Waals surface area contributed by atoms with Crippen molar-refractivity contribution < 1.29 is 19.4 Å². The molecule has 0 aliphatic carbocycles. The van der Waals surface area contributed by atoms with Crippen LogP contribution in [-0.4, -0.2) is 29.5 Å². The Balaban J connectivity index is 3.22. The number of carbonyl (C=O) groups excluding carboxylic acids is 1. The van der Waals surface area contributed by atoms with Crippen molar-refractivity contribution in [2.45, 2.75) is 38.5 Å². The van der Waals surface area contributed by atoms with Crippen LogP contribution in [0.4, 0.5) is 0 Å². The van der Waals surface area contributed by atoms with Crippen molar-refractivity contribution in [3.8, 4) is 0 Å². The largest absolute Gasteiger partial charge is 0.481 e. The number of unbranched alkanes of at least 4 members (excludes halogenated alkanes) is 2. The molecular formula is C10H17ClO4. The molecule has 0 radical (unpaired) electrons. The molecule has 0 saturated heterocycles. The minimum Gasteiger partial charge on any atom is -0.481 e. The van der Waals surface area contributed by atoms with E-state index in [0.717, 1.165) is 12.8 Å². The van der Waals surface area contributed by atoms with E-state index < -0.39 is 5.97 Å². The normalized spacial score (nSPS) is 9.93. The number of carboxylic acid groups (broad SMARTS) is 1. The molecule has 0 bridgehead atoms. The fraction of sp³-hybridized carbons (Fsp3) is 0.800. The molecule has 15 heavy (non-hydrogen) atoms. The molecule has 0 aromatic heterocycles. The van der Waals surface area contributed by atoms with Gasteiger partial charge in [0.1, 0.15) is 0 Å². The molecule has 0 atom stereocenters. The van der Waals surface area contributed by atoms with E-state index in [2.05, 4.69) is 0 Å². The molecule has 0 unspecified atom stereocenters. The summed E-state index contributed by atoms with van der Waals surface area (Å²) < 4.78 is 4.91. The zero-order valence-electron chi connectivity index (χ0n) is 8.71. The van der Waals surface area contributed by atoms with Crippen LogP contribution >= 0.6 is 11.6 Å². The summed E-state index contributed by atoms with van der Waals surface area (Å²) >= 11 is 5.45. The minimum atomic E-state index is -0.828. The lowest BCUT2D eigenvalue weighted by molar-refractivity contribution is -0.144. The van der Waals surface area contributed by atoms with Crippen molar-refractivity contribution in [2.75, 3.05) is 12.5 Å². The van der Waals surface area contributed by atoms with Gasteiger partial charge < -0.3 is 9.84 Å². The van der Waals surface area contributed by atoms with Gasteiger partial charge in [0, 0.05) is 18.7 Å². The summed E-state index contributed by atoms with van der Waals surface area (Å²) in [4.78, 5) is 21.2. The van der Waals surface area contributed by atoms with Crippen LogP contribution in [-0.2, 0) is 14.3 Å². The van der Waals surface area contributed by atoms with Crippen LogP contribution in [0.15, 0.2) is 0 Å². The van der Waals surface area contributed by atoms with E-state index in [1.165, 1.54) is 0 Å². The predicted molar refractivity (Wildman–Crippen MR) is 57.0 cm³/mol. The van der Waals surface area contributed by atoms with Gasteiger partial charge in [0.15, 0.2) is 0 Å². The van der Waals surface area contributed by atoms with Crippen LogP contribution in [0, 0.1) is 0 Å². The summed E-state index contributed by atoms with van der Waals surface area (Å²) in [7, 11) is 0. The van der Waals surface area contributed by atoms with Crippen LogP contribution in [0.25, 0.3) is 0 Å². The molecule has 0 spiro atoms. The van der Waals surface area contributed by atoms with E-state index in [1.54, 1.807) is 0 Å². The van der Waals surface area contributed by atoms with E-state index in [0.29, 0.717) is 31.7 Å². The van der Waals surface area contributed by atoms with Crippen molar-refractivity contribution in [2.24, 2.45) is 0 Å². The Morgan fingerprint density at radius 1 is 1.07 bits per heavy atom. The Bertz CT molecular complexity index is 194. The van der Waals surface area contributed by atoms with Gasteiger partial charge in [-0.2, -0.15) is 0 Å². The number of ether oxygens (including phenoxy) is 1. The SMILES string of the molecule is O=C(O)CCCCC(=O)OCCCCCl. The zero-order valence-corrected chi connectivity index (χ0v) is 9.46. The number of esters is 1. The smallest absolute Gasteiger partial charge is 0.305 e. The molecule has 5 heteroatoms. The lowest BCUT2D eigenvalue weighted by Crippen LogP contribution is -2.06. The average molecular weight is 237 g/mol.